The molecule has 0 aromatic heterocycles. The van der Waals surface area contributed by atoms with Gasteiger partial charge in [0.2, 0.25) is 0 Å². The molecule has 2 aliphatic rings. The SMILES string of the molecule is COc1ccc(C2SCCN2C(=O)c2cccc3c2OCCO3)cc1OC. The van der Waals surface area contributed by atoms with Crippen LogP contribution in [-0.2, 0) is 0 Å². The van der Waals surface area contributed by atoms with Crippen LogP contribution in [0.1, 0.15) is 21.3 Å². The summed E-state index contributed by atoms with van der Waals surface area (Å²) in [4.78, 5) is 15.2. The van der Waals surface area contributed by atoms with E-state index < -0.39 is 0 Å². The molecule has 0 bridgehead atoms. The van der Waals surface area contributed by atoms with Gasteiger partial charge in [-0.3, -0.25) is 4.79 Å². The number of carbonyl (C=O) groups is 1. The molecule has 0 radical (unpaired) electrons. The molecule has 1 amide bonds. The molecule has 2 heterocycles. The van der Waals surface area contributed by atoms with Gasteiger partial charge in [0.05, 0.1) is 19.8 Å². The zero-order valence-corrected chi connectivity index (χ0v) is 16.1. The highest BCUT2D eigenvalue weighted by molar-refractivity contribution is 7.99. The number of hydrogen-bond acceptors (Lipinski definition) is 6. The van der Waals surface area contributed by atoms with E-state index in [2.05, 4.69) is 0 Å². The van der Waals surface area contributed by atoms with Crippen LogP contribution in [0.2, 0.25) is 0 Å². The zero-order chi connectivity index (χ0) is 18.8. The maximum absolute atomic E-state index is 13.3. The van der Waals surface area contributed by atoms with Crippen LogP contribution in [0.5, 0.6) is 23.0 Å². The molecule has 142 valence electrons. The fraction of sp³-hybridized carbons (Fsp3) is 0.350. The van der Waals surface area contributed by atoms with Gasteiger partial charge in [0.15, 0.2) is 23.0 Å². The van der Waals surface area contributed by atoms with Crippen molar-refractivity contribution in [3.05, 3.63) is 47.5 Å². The van der Waals surface area contributed by atoms with E-state index in [9.17, 15) is 4.79 Å². The number of hydrogen-bond donors (Lipinski definition) is 0. The van der Waals surface area contributed by atoms with Crippen LogP contribution in [0, 0.1) is 0 Å². The first kappa shape index (κ1) is 17.9. The normalized spacial score (nSPS) is 18.3. The van der Waals surface area contributed by atoms with E-state index in [1.165, 1.54) is 0 Å². The first-order valence-electron chi connectivity index (χ1n) is 8.76. The Labute approximate surface area is 162 Å². The molecule has 0 aliphatic carbocycles. The van der Waals surface area contributed by atoms with Crippen LogP contribution >= 0.6 is 11.8 Å². The van der Waals surface area contributed by atoms with Crippen molar-refractivity contribution in [1.82, 2.24) is 4.90 Å². The molecule has 27 heavy (non-hydrogen) atoms. The average Bonchev–Trinajstić information content (AvgIpc) is 3.22. The van der Waals surface area contributed by atoms with Gasteiger partial charge in [-0.15, -0.1) is 11.8 Å². The number of methoxy groups -OCH3 is 2. The Morgan fingerprint density at radius 3 is 2.74 bits per heavy atom. The third-order valence-corrected chi connectivity index (χ3v) is 5.90. The lowest BCUT2D eigenvalue weighted by Gasteiger charge is -2.27. The molecule has 1 unspecified atom stereocenters. The lowest BCUT2D eigenvalue weighted by atomic mass is 10.1. The molecule has 1 saturated heterocycles. The van der Waals surface area contributed by atoms with Gasteiger partial charge in [-0.25, -0.2) is 0 Å². The highest BCUT2D eigenvalue weighted by Crippen LogP contribution is 2.43. The van der Waals surface area contributed by atoms with E-state index in [0.29, 0.717) is 48.3 Å². The molecule has 2 aromatic carbocycles. The molecule has 1 atom stereocenters. The van der Waals surface area contributed by atoms with Gasteiger partial charge in [-0.1, -0.05) is 12.1 Å². The van der Waals surface area contributed by atoms with Crippen molar-refractivity contribution in [2.75, 3.05) is 39.7 Å². The van der Waals surface area contributed by atoms with Gasteiger partial charge in [-0.05, 0) is 29.8 Å². The Morgan fingerprint density at radius 1 is 1.11 bits per heavy atom. The van der Waals surface area contributed by atoms with Crippen LogP contribution in [0.25, 0.3) is 0 Å². The lowest BCUT2D eigenvalue weighted by Crippen LogP contribution is -2.31. The number of carbonyl (C=O) groups excluding carboxylic acids is 1. The van der Waals surface area contributed by atoms with E-state index in [4.69, 9.17) is 18.9 Å². The van der Waals surface area contributed by atoms with E-state index >= 15 is 0 Å². The van der Waals surface area contributed by atoms with E-state index in [1.807, 2.05) is 35.2 Å². The maximum Gasteiger partial charge on any atom is 0.258 e. The van der Waals surface area contributed by atoms with Gasteiger partial charge in [0.1, 0.15) is 18.6 Å². The standard InChI is InChI=1S/C20H21NO5S/c1-23-15-7-6-13(12-17(15)24-2)20-21(8-11-27-20)19(22)14-4-3-5-16-18(14)26-10-9-25-16/h3-7,12,20H,8-11H2,1-2H3. The average molecular weight is 387 g/mol. The molecule has 0 spiro atoms. The van der Waals surface area contributed by atoms with E-state index in [1.54, 1.807) is 32.0 Å². The largest absolute Gasteiger partial charge is 0.493 e. The quantitative estimate of drug-likeness (QED) is 0.802. The number of nitrogens with zero attached hydrogens (tertiary/aromatic N) is 1. The molecular formula is C20H21NO5S. The third kappa shape index (κ3) is 3.27. The summed E-state index contributed by atoms with van der Waals surface area (Å²) in [5.74, 6) is 3.31. The van der Waals surface area contributed by atoms with E-state index in [-0.39, 0.29) is 11.3 Å². The number of fused-ring (bicyclic) bond motifs is 1. The minimum atomic E-state index is -0.0855. The molecule has 7 heteroatoms. The Hall–Kier alpha value is -2.54. The van der Waals surface area contributed by atoms with Gasteiger partial charge in [0.25, 0.3) is 5.91 Å². The molecule has 2 aliphatic heterocycles. The molecule has 1 fully saturated rings. The Bertz CT molecular complexity index is 856. The summed E-state index contributed by atoms with van der Waals surface area (Å²) < 4.78 is 22.1. The first-order chi connectivity index (χ1) is 13.2. The van der Waals surface area contributed by atoms with Gasteiger partial charge in [0, 0.05) is 12.3 Å². The lowest BCUT2D eigenvalue weighted by molar-refractivity contribution is 0.0749. The summed E-state index contributed by atoms with van der Waals surface area (Å²) in [5.41, 5.74) is 1.55. The second-order valence-electron chi connectivity index (χ2n) is 6.17. The number of benzene rings is 2. The van der Waals surface area contributed by atoms with Gasteiger partial charge >= 0.3 is 0 Å². The van der Waals surface area contributed by atoms with Crippen LogP contribution in [0.4, 0.5) is 0 Å². The van der Waals surface area contributed by atoms with Crippen molar-refractivity contribution in [3.8, 4) is 23.0 Å². The monoisotopic (exact) mass is 387 g/mol. The molecule has 0 N–H and O–H groups in total. The summed E-state index contributed by atoms with van der Waals surface area (Å²) in [6, 6.07) is 11.2. The molecule has 6 nitrogen and oxygen atoms in total. The van der Waals surface area contributed by atoms with Crippen molar-refractivity contribution in [2.45, 2.75) is 5.37 Å². The smallest absolute Gasteiger partial charge is 0.258 e. The summed E-state index contributed by atoms with van der Waals surface area (Å²) in [5, 5.41) is -0.0855. The van der Waals surface area contributed by atoms with Crippen LogP contribution in [0.15, 0.2) is 36.4 Å². The fourth-order valence-corrected chi connectivity index (χ4v) is 4.60. The summed E-state index contributed by atoms with van der Waals surface area (Å²) in [6.45, 7) is 1.62. The van der Waals surface area contributed by atoms with Crippen molar-refractivity contribution >= 4 is 17.7 Å². The minimum absolute atomic E-state index is 0.0536. The van der Waals surface area contributed by atoms with Crippen LogP contribution in [0.3, 0.4) is 0 Å². The molecule has 2 aromatic rings. The summed E-state index contributed by atoms with van der Waals surface area (Å²) >= 11 is 1.73. The Kier molecular flexibility index (Phi) is 5.03. The minimum Gasteiger partial charge on any atom is -0.493 e. The maximum atomic E-state index is 13.3. The van der Waals surface area contributed by atoms with E-state index in [0.717, 1.165) is 11.3 Å². The third-order valence-electron chi connectivity index (χ3n) is 4.64. The first-order valence-corrected chi connectivity index (χ1v) is 9.81. The summed E-state index contributed by atoms with van der Waals surface area (Å²) in [7, 11) is 3.22. The van der Waals surface area contributed by atoms with Crippen molar-refractivity contribution in [1.29, 1.82) is 0 Å². The van der Waals surface area contributed by atoms with Crippen LogP contribution < -0.4 is 18.9 Å². The molecule has 4 rings (SSSR count). The summed E-state index contributed by atoms with van der Waals surface area (Å²) in [6.07, 6.45) is 0. The topological polar surface area (TPSA) is 57.2 Å². The number of rotatable bonds is 4. The predicted octanol–water partition coefficient (Wildman–Crippen LogP) is 3.36. The zero-order valence-electron chi connectivity index (χ0n) is 15.3. The van der Waals surface area contributed by atoms with Crippen LogP contribution in [-0.4, -0.2) is 50.5 Å². The van der Waals surface area contributed by atoms with Crippen molar-refractivity contribution < 1.29 is 23.7 Å². The number of thioether (sulfide) groups is 1. The number of amides is 1. The van der Waals surface area contributed by atoms with Crippen molar-refractivity contribution in [2.24, 2.45) is 0 Å². The van der Waals surface area contributed by atoms with Gasteiger partial charge in [-0.2, -0.15) is 0 Å². The predicted molar refractivity (Wildman–Crippen MR) is 103 cm³/mol. The fourth-order valence-electron chi connectivity index (χ4n) is 3.36. The second kappa shape index (κ2) is 7.60. The Morgan fingerprint density at radius 2 is 1.93 bits per heavy atom. The second-order valence-corrected chi connectivity index (χ2v) is 7.35. The van der Waals surface area contributed by atoms with Gasteiger partial charge < -0.3 is 23.8 Å². The molecular weight excluding hydrogens is 366 g/mol. The highest BCUT2D eigenvalue weighted by atomic mass is 32.2. The Balaban J connectivity index is 1.65. The number of para-hydroxylation sites is 1. The molecule has 0 saturated carbocycles. The highest BCUT2D eigenvalue weighted by Gasteiger charge is 2.34. The van der Waals surface area contributed by atoms with Crippen molar-refractivity contribution in [3.63, 3.8) is 0 Å². The number of ether oxygens (including phenoxy) is 4.